The first-order valence-corrected chi connectivity index (χ1v) is 9.99. The highest BCUT2D eigenvalue weighted by molar-refractivity contribution is 7.14. The standard InChI is InChI=1S/C21H25NO3S/c1-13(2)16-9-5-6-10-17(16)22-20(23)14(3)25-21(24)19-12-15-8-4-7-11-18(15)26-19/h5-6,9-10,12-14H,4,7-8,11H2,1-3H3,(H,22,23)/t14-/m0/s1. The Kier molecular flexibility index (Phi) is 5.77. The van der Waals surface area contributed by atoms with Crippen LogP contribution in [0.25, 0.3) is 0 Å². The van der Waals surface area contributed by atoms with E-state index in [-0.39, 0.29) is 5.91 Å². The molecule has 2 aromatic rings. The number of amides is 1. The van der Waals surface area contributed by atoms with Crippen molar-refractivity contribution in [2.75, 3.05) is 5.32 Å². The molecule has 0 radical (unpaired) electrons. The van der Waals surface area contributed by atoms with E-state index in [0.29, 0.717) is 10.8 Å². The van der Waals surface area contributed by atoms with E-state index in [1.807, 2.05) is 30.3 Å². The minimum atomic E-state index is -0.846. The van der Waals surface area contributed by atoms with E-state index in [1.165, 1.54) is 34.6 Å². The van der Waals surface area contributed by atoms with Crippen LogP contribution in [0.3, 0.4) is 0 Å². The van der Waals surface area contributed by atoms with Crippen LogP contribution < -0.4 is 5.32 Å². The van der Waals surface area contributed by atoms with Gasteiger partial charge >= 0.3 is 5.97 Å². The topological polar surface area (TPSA) is 55.4 Å². The zero-order chi connectivity index (χ0) is 18.7. The summed E-state index contributed by atoms with van der Waals surface area (Å²) >= 11 is 1.50. The molecule has 1 N–H and O–H groups in total. The molecule has 1 aliphatic carbocycles. The molecule has 138 valence electrons. The summed E-state index contributed by atoms with van der Waals surface area (Å²) in [6, 6.07) is 9.63. The number of anilines is 1. The van der Waals surface area contributed by atoms with Crippen molar-refractivity contribution in [3.63, 3.8) is 0 Å². The third-order valence-electron chi connectivity index (χ3n) is 4.69. The Morgan fingerprint density at radius 1 is 1.12 bits per heavy atom. The van der Waals surface area contributed by atoms with Crippen LogP contribution in [0, 0.1) is 0 Å². The molecule has 1 aromatic carbocycles. The van der Waals surface area contributed by atoms with Crippen LogP contribution in [0.1, 0.15) is 65.2 Å². The van der Waals surface area contributed by atoms with Gasteiger partial charge in [-0.1, -0.05) is 32.0 Å². The van der Waals surface area contributed by atoms with Crippen molar-refractivity contribution < 1.29 is 14.3 Å². The second-order valence-electron chi connectivity index (χ2n) is 7.04. The number of nitrogens with one attached hydrogen (secondary N) is 1. The lowest BCUT2D eigenvalue weighted by molar-refractivity contribution is -0.123. The summed E-state index contributed by atoms with van der Waals surface area (Å²) in [5.41, 5.74) is 3.09. The van der Waals surface area contributed by atoms with E-state index in [9.17, 15) is 9.59 Å². The minimum Gasteiger partial charge on any atom is -0.448 e. The number of carbonyl (C=O) groups is 2. The lowest BCUT2D eigenvalue weighted by Gasteiger charge is -2.16. The van der Waals surface area contributed by atoms with Crippen LogP contribution in [0.4, 0.5) is 5.69 Å². The number of hydrogen-bond acceptors (Lipinski definition) is 4. The van der Waals surface area contributed by atoms with Gasteiger partial charge in [0.25, 0.3) is 5.91 Å². The fourth-order valence-electron chi connectivity index (χ4n) is 3.21. The highest BCUT2D eigenvalue weighted by atomic mass is 32.1. The van der Waals surface area contributed by atoms with Crippen LogP contribution in [0.15, 0.2) is 30.3 Å². The summed E-state index contributed by atoms with van der Waals surface area (Å²) in [7, 11) is 0. The molecular formula is C21H25NO3S. The van der Waals surface area contributed by atoms with Gasteiger partial charge in [-0.2, -0.15) is 0 Å². The Hall–Kier alpha value is -2.14. The maximum Gasteiger partial charge on any atom is 0.349 e. The number of hydrogen-bond donors (Lipinski definition) is 1. The summed E-state index contributed by atoms with van der Waals surface area (Å²) in [5.74, 6) is -0.432. The van der Waals surface area contributed by atoms with Gasteiger partial charge in [-0.25, -0.2) is 4.79 Å². The number of rotatable bonds is 5. The van der Waals surface area contributed by atoms with Gasteiger partial charge in [0.1, 0.15) is 4.88 Å². The van der Waals surface area contributed by atoms with Crippen molar-refractivity contribution >= 4 is 28.9 Å². The van der Waals surface area contributed by atoms with Gasteiger partial charge in [0.15, 0.2) is 6.10 Å². The molecule has 1 aliphatic rings. The summed E-state index contributed by atoms with van der Waals surface area (Å²) in [6.45, 7) is 5.76. The predicted octanol–water partition coefficient (Wildman–Crippen LogP) is 4.93. The van der Waals surface area contributed by atoms with Gasteiger partial charge in [-0.15, -0.1) is 11.3 Å². The number of ether oxygens (including phenoxy) is 1. The van der Waals surface area contributed by atoms with Crippen molar-refractivity contribution in [1.29, 1.82) is 0 Å². The molecule has 0 saturated heterocycles. The van der Waals surface area contributed by atoms with Crippen LogP contribution in [-0.4, -0.2) is 18.0 Å². The quantitative estimate of drug-likeness (QED) is 0.758. The summed E-state index contributed by atoms with van der Waals surface area (Å²) in [4.78, 5) is 26.8. The molecule has 1 atom stereocenters. The van der Waals surface area contributed by atoms with E-state index in [4.69, 9.17) is 4.74 Å². The number of aryl methyl sites for hydroxylation is 2. The second kappa shape index (κ2) is 8.04. The molecule has 1 amide bonds. The third kappa shape index (κ3) is 4.15. The number of carbonyl (C=O) groups excluding carboxylic acids is 2. The van der Waals surface area contributed by atoms with E-state index in [0.717, 1.165) is 24.1 Å². The van der Waals surface area contributed by atoms with Gasteiger partial charge in [0.05, 0.1) is 0 Å². The molecule has 26 heavy (non-hydrogen) atoms. The Balaban J connectivity index is 1.64. The summed E-state index contributed by atoms with van der Waals surface area (Å²) in [6.07, 6.45) is 3.57. The first kappa shape index (κ1) is 18.6. The van der Waals surface area contributed by atoms with Crippen molar-refractivity contribution in [2.24, 2.45) is 0 Å². The monoisotopic (exact) mass is 371 g/mol. The fourth-order valence-corrected chi connectivity index (χ4v) is 4.35. The van der Waals surface area contributed by atoms with Gasteiger partial charge in [-0.3, -0.25) is 4.79 Å². The molecule has 1 heterocycles. The maximum absolute atomic E-state index is 12.5. The molecule has 5 heteroatoms. The number of esters is 1. The first-order valence-electron chi connectivity index (χ1n) is 9.18. The molecule has 0 saturated carbocycles. The minimum absolute atomic E-state index is 0.293. The maximum atomic E-state index is 12.5. The highest BCUT2D eigenvalue weighted by Gasteiger charge is 2.23. The molecule has 3 rings (SSSR count). The molecule has 0 fully saturated rings. The third-order valence-corrected chi connectivity index (χ3v) is 5.91. The summed E-state index contributed by atoms with van der Waals surface area (Å²) < 4.78 is 5.41. The normalized spacial score (nSPS) is 14.6. The Labute approximate surface area is 158 Å². The molecule has 0 unspecified atom stereocenters. The fraction of sp³-hybridized carbons (Fsp3) is 0.429. The van der Waals surface area contributed by atoms with E-state index in [1.54, 1.807) is 6.92 Å². The SMILES string of the molecule is CC(C)c1ccccc1NC(=O)[C@H](C)OC(=O)c1cc2c(s1)CCCC2. The zero-order valence-electron chi connectivity index (χ0n) is 15.5. The smallest absolute Gasteiger partial charge is 0.349 e. The molecule has 0 spiro atoms. The molecule has 0 aliphatic heterocycles. The van der Waals surface area contributed by atoms with Crippen molar-refractivity contribution in [3.05, 3.63) is 51.2 Å². The average molecular weight is 372 g/mol. The zero-order valence-corrected chi connectivity index (χ0v) is 16.3. The van der Waals surface area contributed by atoms with Gasteiger partial charge in [0.2, 0.25) is 0 Å². The Morgan fingerprint density at radius 3 is 2.58 bits per heavy atom. The molecule has 0 bridgehead atoms. The van der Waals surface area contributed by atoms with Crippen LogP contribution in [-0.2, 0) is 22.4 Å². The predicted molar refractivity (Wildman–Crippen MR) is 105 cm³/mol. The second-order valence-corrected chi connectivity index (χ2v) is 8.18. The molecule has 1 aromatic heterocycles. The van der Waals surface area contributed by atoms with Gasteiger partial charge in [-0.05, 0) is 61.8 Å². The lowest BCUT2D eigenvalue weighted by Crippen LogP contribution is -2.30. The number of benzene rings is 1. The number of fused-ring (bicyclic) bond motifs is 1. The highest BCUT2D eigenvalue weighted by Crippen LogP contribution is 2.30. The average Bonchev–Trinajstić information content (AvgIpc) is 3.06. The van der Waals surface area contributed by atoms with Gasteiger partial charge < -0.3 is 10.1 Å². The van der Waals surface area contributed by atoms with Crippen molar-refractivity contribution in [2.45, 2.75) is 58.5 Å². The van der Waals surface area contributed by atoms with Crippen LogP contribution in [0.5, 0.6) is 0 Å². The molecule has 4 nitrogen and oxygen atoms in total. The molecular weight excluding hydrogens is 346 g/mol. The number of para-hydroxylation sites is 1. The van der Waals surface area contributed by atoms with Crippen molar-refractivity contribution in [3.8, 4) is 0 Å². The van der Waals surface area contributed by atoms with Gasteiger partial charge in [0, 0.05) is 10.6 Å². The Morgan fingerprint density at radius 2 is 1.85 bits per heavy atom. The Bertz CT molecular complexity index is 786. The van der Waals surface area contributed by atoms with Crippen molar-refractivity contribution in [1.82, 2.24) is 0 Å². The number of thiophene rings is 1. The van der Waals surface area contributed by atoms with Crippen LogP contribution >= 0.6 is 11.3 Å². The van der Waals surface area contributed by atoms with E-state index >= 15 is 0 Å². The van der Waals surface area contributed by atoms with Crippen LogP contribution in [0.2, 0.25) is 0 Å². The summed E-state index contributed by atoms with van der Waals surface area (Å²) in [5, 5.41) is 2.88. The van der Waals surface area contributed by atoms with E-state index < -0.39 is 12.1 Å². The largest absolute Gasteiger partial charge is 0.448 e. The van der Waals surface area contributed by atoms with E-state index in [2.05, 4.69) is 19.2 Å². The first-order chi connectivity index (χ1) is 12.5. The lowest BCUT2D eigenvalue weighted by atomic mass is 9.99.